The first-order chi connectivity index (χ1) is 13.4. The third kappa shape index (κ3) is 5.22. The number of likely N-dealkylation sites (tertiary alicyclic amines) is 2. The first kappa shape index (κ1) is 20.6. The van der Waals surface area contributed by atoms with E-state index in [1.807, 2.05) is 29.0 Å². The highest BCUT2D eigenvalue weighted by Crippen LogP contribution is 2.22. The number of amides is 2. The zero-order valence-corrected chi connectivity index (χ0v) is 17.4. The molecule has 2 amide bonds. The van der Waals surface area contributed by atoms with Crippen LogP contribution in [-0.2, 0) is 4.79 Å². The van der Waals surface area contributed by atoms with Gasteiger partial charge in [-0.3, -0.25) is 9.59 Å². The SMILES string of the molecule is CN(C)CCN(C)c1ccc(C(=O)N2CCC(CN3CCCC3=O)CC2)cn1. The maximum Gasteiger partial charge on any atom is 0.255 e. The Hall–Kier alpha value is -2.15. The van der Waals surface area contributed by atoms with Crippen LogP contribution in [0.1, 0.15) is 36.0 Å². The van der Waals surface area contributed by atoms with Crippen molar-refractivity contribution in [3.63, 3.8) is 0 Å². The molecule has 2 aliphatic heterocycles. The Bertz CT molecular complexity index is 668. The second kappa shape index (κ2) is 9.37. The minimum atomic E-state index is 0.0608. The molecule has 28 heavy (non-hydrogen) atoms. The highest BCUT2D eigenvalue weighted by Gasteiger charge is 2.28. The van der Waals surface area contributed by atoms with E-state index in [0.717, 1.165) is 64.3 Å². The molecule has 0 unspecified atom stereocenters. The number of hydrogen-bond donors (Lipinski definition) is 0. The Morgan fingerprint density at radius 3 is 2.46 bits per heavy atom. The summed E-state index contributed by atoms with van der Waals surface area (Å²) < 4.78 is 0. The summed E-state index contributed by atoms with van der Waals surface area (Å²) >= 11 is 0. The number of anilines is 1. The predicted molar refractivity (Wildman–Crippen MR) is 111 cm³/mol. The van der Waals surface area contributed by atoms with Gasteiger partial charge in [-0.2, -0.15) is 0 Å². The average molecular weight is 388 g/mol. The highest BCUT2D eigenvalue weighted by molar-refractivity contribution is 5.94. The van der Waals surface area contributed by atoms with Gasteiger partial charge < -0.3 is 19.6 Å². The fourth-order valence-electron chi connectivity index (χ4n) is 3.91. The quantitative estimate of drug-likeness (QED) is 0.711. The van der Waals surface area contributed by atoms with E-state index < -0.39 is 0 Å². The minimum absolute atomic E-state index is 0.0608. The Morgan fingerprint density at radius 2 is 1.89 bits per heavy atom. The fourth-order valence-corrected chi connectivity index (χ4v) is 3.91. The Labute approximate surface area is 168 Å². The van der Waals surface area contributed by atoms with E-state index >= 15 is 0 Å². The molecule has 1 aromatic heterocycles. The van der Waals surface area contributed by atoms with Crippen LogP contribution in [0.5, 0.6) is 0 Å². The van der Waals surface area contributed by atoms with Crippen molar-refractivity contribution < 1.29 is 9.59 Å². The number of rotatable bonds is 7. The van der Waals surface area contributed by atoms with Gasteiger partial charge in [0.05, 0.1) is 5.56 Å². The lowest BCUT2D eigenvalue weighted by Gasteiger charge is -2.34. The lowest BCUT2D eigenvalue weighted by Crippen LogP contribution is -2.42. The van der Waals surface area contributed by atoms with Crippen molar-refractivity contribution in [3.05, 3.63) is 23.9 Å². The zero-order chi connectivity index (χ0) is 20.1. The molecule has 7 nitrogen and oxygen atoms in total. The van der Waals surface area contributed by atoms with E-state index in [1.165, 1.54) is 0 Å². The number of likely N-dealkylation sites (N-methyl/N-ethyl adjacent to an activating group) is 2. The summed E-state index contributed by atoms with van der Waals surface area (Å²) in [5, 5.41) is 0. The molecule has 3 rings (SSSR count). The molecule has 0 atom stereocenters. The monoisotopic (exact) mass is 387 g/mol. The molecule has 2 aliphatic rings. The van der Waals surface area contributed by atoms with E-state index in [4.69, 9.17) is 0 Å². The second-order valence-electron chi connectivity index (χ2n) is 8.31. The Balaban J connectivity index is 1.48. The van der Waals surface area contributed by atoms with Crippen LogP contribution in [-0.4, -0.2) is 91.9 Å². The van der Waals surface area contributed by atoms with E-state index in [-0.39, 0.29) is 5.91 Å². The number of pyridine rings is 1. The van der Waals surface area contributed by atoms with Gasteiger partial charge >= 0.3 is 0 Å². The molecule has 2 saturated heterocycles. The third-order valence-electron chi connectivity index (χ3n) is 5.82. The number of hydrogen-bond acceptors (Lipinski definition) is 5. The molecular weight excluding hydrogens is 354 g/mol. The van der Waals surface area contributed by atoms with Crippen LogP contribution in [0.15, 0.2) is 18.3 Å². The maximum absolute atomic E-state index is 12.8. The van der Waals surface area contributed by atoms with Gasteiger partial charge in [-0.1, -0.05) is 0 Å². The highest BCUT2D eigenvalue weighted by atomic mass is 16.2. The van der Waals surface area contributed by atoms with Crippen molar-refractivity contribution in [3.8, 4) is 0 Å². The van der Waals surface area contributed by atoms with Gasteiger partial charge in [0.1, 0.15) is 5.82 Å². The molecule has 0 saturated carbocycles. The Kier molecular flexibility index (Phi) is 6.88. The minimum Gasteiger partial charge on any atom is -0.358 e. The molecule has 2 fully saturated rings. The van der Waals surface area contributed by atoms with Crippen molar-refractivity contribution in [2.75, 3.05) is 65.3 Å². The Morgan fingerprint density at radius 1 is 1.14 bits per heavy atom. The summed E-state index contributed by atoms with van der Waals surface area (Å²) in [6, 6.07) is 3.81. The predicted octanol–water partition coefficient (Wildman–Crippen LogP) is 1.55. The van der Waals surface area contributed by atoms with Crippen molar-refractivity contribution in [1.82, 2.24) is 19.7 Å². The van der Waals surface area contributed by atoms with E-state index in [0.29, 0.717) is 23.8 Å². The molecule has 3 heterocycles. The molecule has 154 valence electrons. The van der Waals surface area contributed by atoms with Gasteiger partial charge in [-0.25, -0.2) is 4.98 Å². The number of carbonyl (C=O) groups excluding carboxylic acids is 2. The standard InChI is InChI=1S/C21H33N5O2/c1-23(2)13-14-24(3)19-7-6-18(15-22-19)21(28)25-11-8-17(9-12-25)16-26-10-4-5-20(26)27/h6-7,15,17H,4-5,8-14,16H2,1-3H3. The first-order valence-electron chi connectivity index (χ1n) is 10.3. The molecule has 0 aliphatic carbocycles. The zero-order valence-electron chi connectivity index (χ0n) is 17.4. The van der Waals surface area contributed by atoms with Crippen molar-refractivity contribution in [2.45, 2.75) is 25.7 Å². The van der Waals surface area contributed by atoms with Gasteiger partial charge in [-0.15, -0.1) is 0 Å². The smallest absolute Gasteiger partial charge is 0.255 e. The molecule has 0 N–H and O–H groups in total. The summed E-state index contributed by atoms with van der Waals surface area (Å²) in [6.07, 6.45) is 5.32. The molecule has 0 aromatic carbocycles. The lowest BCUT2D eigenvalue weighted by molar-refractivity contribution is -0.128. The fraction of sp³-hybridized carbons (Fsp3) is 0.667. The van der Waals surface area contributed by atoms with Crippen molar-refractivity contribution in [1.29, 1.82) is 0 Å². The molecule has 0 spiro atoms. The molecular formula is C21H33N5O2. The normalized spacial score (nSPS) is 18.2. The number of aromatic nitrogens is 1. The lowest BCUT2D eigenvalue weighted by atomic mass is 9.96. The first-order valence-corrected chi connectivity index (χ1v) is 10.3. The topological polar surface area (TPSA) is 60.0 Å². The summed E-state index contributed by atoms with van der Waals surface area (Å²) in [4.78, 5) is 37.2. The average Bonchev–Trinajstić information content (AvgIpc) is 3.10. The number of carbonyl (C=O) groups is 2. The molecule has 1 aromatic rings. The van der Waals surface area contributed by atoms with Gasteiger partial charge in [0.15, 0.2) is 0 Å². The second-order valence-corrected chi connectivity index (χ2v) is 8.31. The van der Waals surface area contributed by atoms with Crippen LogP contribution in [0.2, 0.25) is 0 Å². The van der Waals surface area contributed by atoms with Crippen molar-refractivity contribution in [2.24, 2.45) is 5.92 Å². The van der Waals surface area contributed by atoms with E-state index in [2.05, 4.69) is 28.9 Å². The summed E-state index contributed by atoms with van der Waals surface area (Å²) in [5.41, 5.74) is 0.651. The van der Waals surface area contributed by atoms with Crippen LogP contribution in [0.4, 0.5) is 5.82 Å². The van der Waals surface area contributed by atoms with Crippen LogP contribution >= 0.6 is 0 Å². The van der Waals surface area contributed by atoms with Gasteiger partial charge in [0.2, 0.25) is 5.91 Å². The van der Waals surface area contributed by atoms with Crippen LogP contribution in [0.25, 0.3) is 0 Å². The largest absolute Gasteiger partial charge is 0.358 e. The number of piperidine rings is 1. The van der Waals surface area contributed by atoms with E-state index in [1.54, 1.807) is 6.20 Å². The molecule has 0 bridgehead atoms. The van der Waals surface area contributed by atoms with Crippen LogP contribution < -0.4 is 4.90 Å². The number of nitrogens with zero attached hydrogens (tertiary/aromatic N) is 5. The van der Waals surface area contributed by atoms with E-state index in [9.17, 15) is 9.59 Å². The van der Waals surface area contributed by atoms with Crippen molar-refractivity contribution >= 4 is 17.6 Å². The van der Waals surface area contributed by atoms with Crippen LogP contribution in [0.3, 0.4) is 0 Å². The molecule has 7 heteroatoms. The summed E-state index contributed by atoms with van der Waals surface area (Å²) in [5.74, 6) is 1.75. The summed E-state index contributed by atoms with van der Waals surface area (Å²) in [6.45, 7) is 5.12. The summed E-state index contributed by atoms with van der Waals surface area (Å²) in [7, 11) is 6.12. The van der Waals surface area contributed by atoms with Gasteiger partial charge in [0.25, 0.3) is 5.91 Å². The molecule has 0 radical (unpaired) electrons. The third-order valence-corrected chi connectivity index (χ3v) is 5.82. The maximum atomic E-state index is 12.8. The van der Waals surface area contributed by atoms with Crippen LogP contribution in [0, 0.1) is 5.92 Å². The van der Waals surface area contributed by atoms with Gasteiger partial charge in [0, 0.05) is 58.9 Å². The van der Waals surface area contributed by atoms with Gasteiger partial charge in [-0.05, 0) is 51.4 Å².